The summed E-state index contributed by atoms with van der Waals surface area (Å²) in [4.78, 5) is 10.0. The Morgan fingerprint density at radius 2 is 1.86 bits per heavy atom. The molecule has 0 radical (unpaired) electrons. The van der Waals surface area contributed by atoms with Gasteiger partial charge in [-0.1, -0.05) is 19.8 Å². The fraction of sp³-hybridized carbons (Fsp3) is 0.417. The smallest absolute Gasteiger partial charge is 0.337 e. The molecule has 0 atom stereocenters. The molecule has 0 saturated carbocycles. The number of nitrogens with one attached hydrogen (secondary N) is 1. The summed E-state index contributed by atoms with van der Waals surface area (Å²) in [5.41, 5.74) is -0.518. The van der Waals surface area contributed by atoms with E-state index in [9.17, 15) is 21.6 Å². The minimum Gasteiger partial charge on any atom is -0.478 e. The van der Waals surface area contributed by atoms with Gasteiger partial charge in [-0.05, 0) is 24.6 Å². The lowest BCUT2D eigenvalue weighted by Gasteiger charge is -2.10. The number of rotatable bonds is 8. The molecule has 0 aliphatic rings. The van der Waals surface area contributed by atoms with Crippen molar-refractivity contribution in [1.82, 2.24) is 4.72 Å². The molecule has 8 nitrogen and oxygen atoms in total. The van der Waals surface area contributed by atoms with Crippen molar-refractivity contribution < 1.29 is 26.7 Å². The maximum atomic E-state index is 12.2. The van der Waals surface area contributed by atoms with Crippen molar-refractivity contribution in [2.24, 2.45) is 5.14 Å². The minimum atomic E-state index is -4.15. The third kappa shape index (κ3) is 4.77. The molecule has 10 heteroatoms. The Bertz CT molecular complexity index is 756. The molecular weight excluding hydrogens is 332 g/mol. The van der Waals surface area contributed by atoms with Crippen LogP contribution in [0.1, 0.15) is 36.5 Å². The summed E-state index contributed by atoms with van der Waals surface area (Å²) in [5.74, 6) is -1.48. The van der Waals surface area contributed by atoms with Crippen LogP contribution in [0.5, 0.6) is 0 Å². The molecule has 0 fully saturated rings. The van der Waals surface area contributed by atoms with Crippen LogP contribution >= 0.6 is 0 Å². The van der Waals surface area contributed by atoms with Crippen LogP contribution in [0.15, 0.2) is 28.0 Å². The van der Waals surface area contributed by atoms with Gasteiger partial charge in [-0.25, -0.2) is 31.5 Å². The summed E-state index contributed by atoms with van der Waals surface area (Å²) in [6, 6.07) is 2.61. The topological polar surface area (TPSA) is 144 Å². The van der Waals surface area contributed by atoms with Crippen LogP contribution in [0.25, 0.3) is 0 Å². The SMILES string of the molecule is CCCCCNS(=O)(=O)c1cc(S(N)(=O)=O)ccc1C(=O)O. The quantitative estimate of drug-likeness (QED) is 0.582. The molecule has 0 aliphatic heterocycles. The zero-order valence-corrected chi connectivity index (χ0v) is 13.6. The Kier molecular flexibility index (Phi) is 6.06. The molecule has 4 N–H and O–H groups in total. The van der Waals surface area contributed by atoms with Gasteiger partial charge in [0.25, 0.3) is 0 Å². The Hall–Kier alpha value is -1.49. The van der Waals surface area contributed by atoms with Gasteiger partial charge in [-0.2, -0.15) is 0 Å². The Morgan fingerprint density at radius 3 is 2.36 bits per heavy atom. The average Bonchev–Trinajstić information content (AvgIpc) is 2.42. The van der Waals surface area contributed by atoms with E-state index in [1.807, 2.05) is 6.92 Å². The number of benzene rings is 1. The Balaban J connectivity index is 3.27. The van der Waals surface area contributed by atoms with E-state index in [0.29, 0.717) is 6.42 Å². The van der Waals surface area contributed by atoms with Gasteiger partial charge in [0, 0.05) is 6.54 Å². The van der Waals surface area contributed by atoms with Gasteiger partial charge >= 0.3 is 5.97 Å². The summed E-state index contributed by atoms with van der Waals surface area (Å²) in [7, 11) is -8.29. The first-order chi connectivity index (χ1) is 10.1. The van der Waals surface area contributed by atoms with Gasteiger partial charge in [0.15, 0.2) is 0 Å². The molecule has 1 aromatic carbocycles. The van der Waals surface area contributed by atoms with Crippen LogP contribution in [-0.4, -0.2) is 34.5 Å². The zero-order valence-electron chi connectivity index (χ0n) is 11.9. The number of nitrogens with two attached hydrogens (primary N) is 1. The van der Waals surface area contributed by atoms with E-state index in [1.54, 1.807) is 0 Å². The second-order valence-electron chi connectivity index (χ2n) is 4.61. The van der Waals surface area contributed by atoms with E-state index in [-0.39, 0.29) is 6.54 Å². The summed E-state index contributed by atoms with van der Waals surface area (Å²) in [5, 5.41) is 14.0. The second-order valence-corrected chi connectivity index (χ2v) is 7.91. The van der Waals surface area contributed by atoms with Crippen molar-refractivity contribution in [2.75, 3.05) is 6.54 Å². The molecule has 0 saturated heterocycles. The maximum absolute atomic E-state index is 12.2. The van der Waals surface area contributed by atoms with Gasteiger partial charge in [-0.3, -0.25) is 0 Å². The molecule has 0 bridgehead atoms. The molecule has 1 rings (SSSR count). The molecular formula is C12H18N2O6S2. The van der Waals surface area contributed by atoms with Crippen molar-refractivity contribution in [3.8, 4) is 0 Å². The molecule has 0 unspecified atom stereocenters. The standard InChI is InChI=1S/C12H18N2O6S2/c1-2-3-4-7-14-22(19,20)11-8-9(21(13,17)18)5-6-10(11)12(15)16/h5-6,8,14H,2-4,7H2,1H3,(H,15,16)(H2,13,17,18). The first-order valence-electron chi connectivity index (χ1n) is 6.49. The van der Waals surface area contributed by atoms with Crippen LogP contribution in [0.4, 0.5) is 0 Å². The van der Waals surface area contributed by atoms with Gasteiger partial charge in [0.2, 0.25) is 20.0 Å². The van der Waals surface area contributed by atoms with Crippen molar-refractivity contribution in [3.05, 3.63) is 23.8 Å². The summed E-state index contributed by atoms with van der Waals surface area (Å²) < 4.78 is 49.3. The van der Waals surface area contributed by atoms with Crippen LogP contribution < -0.4 is 9.86 Å². The number of primary sulfonamides is 1. The van der Waals surface area contributed by atoms with Crippen LogP contribution in [-0.2, 0) is 20.0 Å². The highest BCUT2D eigenvalue weighted by Gasteiger charge is 2.24. The number of hydrogen-bond donors (Lipinski definition) is 3. The largest absolute Gasteiger partial charge is 0.478 e. The summed E-state index contributed by atoms with van der Waals surface area (Å²) in [6.07, 6.45) is 2.29. The first kappa shape index (κ1) is 18.6. The lowest BCUT2D eigenvalue weighted by atomic mass is 10.2. The molecule has 0 amide bonds. The predicted octanol–water partition coefficient (Wildman–Crippen LogP) is 0.501. The third-order valence-electron chi connectivity index (χ3n) is 2.87. The molecule has 22 heavy (non-hydrogen) atoms. The van der Waals surface area contributed by atoms with Crippen molar-refractivity contribution in [1.29, 1.82) is 0 Å². The normalized spacial score (nSPS) is 12.3. The average molecular weight is 350 g/mol. The third-order valence-corrected chi connectivity index (χ3v) is 5.29. The highest BCUT2D eigenvalue weighted by Crippen LogP contribution is 2.20. The van der Waals surface area contributed by atoms with E-state index in [4.69, 9.17) is 10.2 Å². The second kappa shape index (κ2) is 7.18. The first-order valence-corrected chi connectivity index (χ1v) is 9.52. The van der Waals surface area contributed by atoms with E-state index in [2.05, 4.69) is 4.72 Å². The molecule has 0 spiro atoms. The lowest BCUT2D eigenvalue weighted by Crippen LogP contribution is -2.27. The number of unbranched alkanes of at least 4 members (excludes halogenated alkanes) is 2. The van der Waals surface area contributed by atoms with Crippen LogP contribution in [0.2, 0.25) is 0 Å². The van der Waals surface area contributed by atoms with Crippen molar-refractivity contribution in [3.63, 3.8) is 0 Å². The number of aromatic carboxylic acids is 1. The monoisotopic (exact) mass is 350 g/mol. The number of hydrogen-bond acceptors (Lipinski definition) is 5. The fourth-order valence-corrected chi connectivity index (χ4v) is 3.65. The Labute approximate surface area is 129 Å². The van der Waals surface area contributed by atoms with Gasteiger partial charge in [-0.15, -0.1) is 0 Å². The summed E-state index contributed by atoms with van der Waals surface area (Å²) in [6.45, 7) is 2.08. The molecule has 0 aliphatic carbocycles. The number of carboxylic acids is 1. The zero-order chi connectivity index (χ0) is 17.0. The van der Waals surface area contributed by atoms with Crippen LogP contribution in [0.3, 0.4) is 0 Å². The Morgan fingerprint density at radius 1 is 1.23 bits per heavy atom. The fourth-order valence-electron chi connectivity index (χ4n) is 1.74. The molecule has 1 aromatic rings. The number of sulfonamides is 2. The highest BCUT2D eigenvalue weighted by atomic mass is 32.2. The summed E-state index contributed by atoms with van der Waals surface area (Å²) >= 11 is 0. The van der Waals surface area contributed by atoms with Crippen molar-refractivity contribution >= 4 is 26.0 Å². The van der Waals surface area contributed by atoms with Gasteiger partial charge in [0.05, 0.1) is 15.4 Å². The lowest BCUT2D eigenvalue weighted by molar-refractivity contribution is 0.0692. The van der Waals surface area contributed by atoms with Crippen LogP contribution in [0, 0.1) is 0 Å². The van der Waals surface area contributed by atoms with E-state index >= 15 is 0 Å². The molecule has 124 valence electrons. The van der Waals surface area contributed by atoms with E-state index in [1.165, 1.54) is 0 Å². The van der Waals surface area contributed by atoms with E-state index in [0.717, 1.165) is 31.0 Å². The van der Waals surface area contributed by atoms with E-state index < -0.39 is 41.4 Å². The minimum absolute atomic E-state index is 0.134. The highest BCUT2D eigenvalue weighted by molar-refractivity contribution is 7.90. The molecule has 0 heterocycles. The molecule has 0 aromatic heterocycles. The van der Waals surface area contributed by atoms with Crippen molar-refractivity contribution in [2.45, 2.75) is 36.0 Å². The maximum Gasteiger partial charge on any atom is 0.337 e. The van der Waals surface area contributed by atoms with Gasteiger partial charge in [0.1, 0.15) is 0 Å². The van der Waals surface area contributed by atoms with Gasteiger partial charge < -0.3 is 5.11 Å². The predicted molar refractivity (Wildman–Crippen MR) is 79.5 cm³/mol. The number of carbonyl (C=O) groups is 1. The number of carboxylic acid groups (broad SMARTS) is 1.